The Balaban J connectivity index is 2.11. The number of carbonyl (C=O) groups excluding carboxylic acids is 1. The standard InChI is InChI=1S/C14H23N3O2/c1-16-14(18)7-9-17(2)8-4-10-19-13-6-3-5-12(15)11-13/h3,5-6,11H,4,7-10,15H2,1-2H3,(H,16,18). The zero-order valence-corrected chi connectivity index (χ0v) is 11.7. The van der Waals surface area contributed by atoms with Gasteiger partial charge in [0.2, 0.25) is 5.91 Å². The highest BCUT2D eigenvalue weighted by atomic mass is 16.5. The highest BCUT2D eigenvalue weighted by Crippen LogP contribution is 2.14. The SMILES string of the molecule is CNC(=O)CCN(C)CCCOc1cccc(N)c1. The quantitative estimate of drug-likeness (QED) is 0.546. The number of hydrogen-bond donors (Lipinski definition) is 2. The molecular weight excluding hydrogens is 242 g/mol. The van der Waals surface area contributed by atoms with Gasteiger partial charge in [-0.3, -0.25) is 4.79 Å². The zero-order chi connectivity index (χ0) is 14.1. The molecule has 106 valence electrons. The van der Waals surface area contributed by atoms with Crippen LogP contribution in [0.1, 0.15) is 12.8 Å². The summed E-state index contributed by atoms with van der Waals surface area (Å²) in [6.07, 6.45) is 1.45. The molecule has 0 aliphatic carbocycles. The summed E-state index contributed by atoms with van der Waals surface area (Å²) in [5, 5.41) is 2.61. The summed E-state index contributed by atoms with van der Waals surface area (Å²) in [5.74, 6) is 0.871. The molecule has 0 radical (unpaired) electrons. The summed E-state index contributed by atoms with van der Waals surface area (Å²) in [6, 6.07) is 7.42. The van der Waals surface area contributed by atoms with E-state index in [1.807, 2.05) is 31.3 Å². The van der Waals surface area contributed by atoms with E-state index >= 15 is 0 Å². The molecule has 0 spiro atoms. The van der Waals surface area contributed by atoms with Crippen molar-refractivity contribution in [2.75, 3.05) is 39.5 Å². The molecule has 0 aromatic heterocycles. The number of nitrogens with zero attached hydrogens (tertiary/aromatic N) is 1. The fourth-order valence-corrected chi connectivity index (χ4v) is 1.66. The summed E-state index contributed by atoms with van der Waals surface area (Å²) < 4.78 is 5.60. The average molecular weight is 265 g/mol. The van der Waals surface area contributed by atoms with Crippen molar-refractivity contribution in [2.24, 2.45) is 0 Å². The highest BCUT2D eigenvalue weighted by Gasteiger charge is 2.02. The van der Waals surface area contributed by atoms with Crippen LogP contribution in [0.3, 0.4) is 0 Å². The van der Waals surface area contributed by atoms with Crippen LogP contribution in [0.25, 0.3) is 0 Å². The molecule has 1 amide bonds. The number of carbonyl (C=O) groups is 1. The Kier molecular flexibility index (Phi) is 6.74. The smallest absolute Gasteiger partial charge is 0.221 e. The average Bonchev–Trinajstić information content (AvgIpc) is 2.41. The third-order valence-corrected chi connectivity index (χ3v) is 2.81. The third-order valence-electron chi connectivity index (χ3n) is 2.81. The molecule has 0 fully saturated rings. The minimum Gasteiger partial charge on any atom is -0.493 e. The van der Waals surface area contributed by atoms with Crippen molar-refractivity contribution in [1.82, 2.24) is 10.2 Å². The molecule has 0 unspecified atom stereocenters. The van der Waals surface area contributed by atoms with Crippen molar-refractivity contribution in [1.29, 1.82) is 0 Å². The van der Waals surface area contributed by atoms with Gasteiger partial charge in [-0.2, -0.15) is 0 Å². The van der Waals surface area contributed by atoms with E-state index in [1.54, 1.807) is 7.05 Å². The number of rotatable bonds is 8. The van der Waals surface area contributed by atoms with E-state index in [0.29, 0.717) is 18.7 Å². The number of hydrogen-bond acceptors (Lipinski definition) is 4. The summed E-state index contributed by atoms with van der Waals surface area (Å²) >= 11 is 0. The molecule has 1 aromatic rings. The lowest BCUT2D eigenvalue weighted by atomic mass is 10.3. The molecule has 0 heterocycles. The molecule has 0 saturated carbocycles. The number of nitrogen functional groups attached to an aromatic ring is 1. The normalized spacial score (nSPS) is 10.5. The van der Waals surface area contributed by atoms with Gasteiger partial charge in [-0.05, 0) is 25.6 Å². The second-order valence-corrected chi connectivity index (χ2v) is 4.50. The van der Waals surface area contributed by atoms with Gasteiger partial charge in [0.25, 0.3) is 0 Å². The second-order valence-electron chi connectivity index (χ2n) is 4.50. The van der Waals surface area contributed by atoms with Crippen LogP contribution in [0.5, 0.6) is 5.75 Å². The molecule has 5 heteroatoms. The van der Waals surface area contributed by atoms with E-state index in [-0.39, 0.29) is 5.91 Å². The van der Waals surface area contributed by atoms with Crippen LogP contribution in [-0.2, 0) is 4.79 Å². The molecule has 5 nitrogen and oxygen atoms in total. The topological polar surface area (TPSA) is 67.6 Å². The zero-order valence-electron chi connectivity index (χ0n) is 11.7. The lowest BCUT2D eigenvalue weighted by Gasteiger charge is -2.16. The van der Waals surface area contributed by atoms with E-state index < -0.39 is 0 Å². The number of amides is 1. The molecular formula is C14H23N3O2. The molecule has 0 saturated heterocycles. The first kappa shape index (κ1) is 15.3. The number of anilines is 1. The maximum absolute atomic E-state index is 11.1. The fourth-order valence-electron chi connectivity index (χ4n) is 1.66. The maximum atomic E-state index is 11.1. The molecule has 0 aliphatic rings. The first-order valence-electron chi connectivity index (χ1n) is 6.49. The van der Waals surface area contributed by atoms with Gasteiger partial charge < -0.3 is 20.7 Å². The van der Waals surface area contributed by atoms with Gasteiger partial charge in [0, 0.05) is 38.3 Å². The summed E-state index contributed by atoms with van der Waals surface area (Å²) in [5.41, 5.74) is 6.37. The van der Waals surface area contributed by atoms with E-state index in [0.717, 1.165) is 25.3 Å². The van der Waals surface area contributed by atoms with Crippen molar-refractivity contribution in [2.45, 2.75) is 12.8 Å². The second kappa shape index (κ2) is 8.37. The van der Waals surface area contributed by atoms with E-state index in [9.17, 15) is 4.79 Å². The Morgan fingerprint density at radius 1 is 1.42 bits per heavy atom. The molecule has 3 N–H and O–H groups in total. The van der Waals surface area contributed by atoms with Crippen molar-refractivity contribution in [3.63, 3.8) is 0 Å². The van der Waals surface area contributed by atoms with Gasteiger partial charge in [-0.15, -0.1) is 0 Å². The predicted octanol–water partition coefficient (Wildman–Crippen LogP) is 1.11. The monoisotopic (exact) mass is 265 g/mol. The van der Waals surface area contributed by atoms with Crippen LogP contribution in [-0.4, -0.2) is 44.6 Å². The van der Waals surface area contributed by atoms with Crippen LogP contribution in [0.15, 0.2) is 24.3 Å². The van der Waals surface area contributed by atoms with Crippen LogP contribution in [0.4, 0.5) is 5.69 Å². The molecule has 1 rings (SSSR count). The Labute approximate surface area is 114 Å². The van der Waals surface area contributed by atoms with Crippen molar-refractivity contribution in [3.8, 4) is 5.75 Å². The van der Waals surface area contributed by atoms with E-state index in [1.165, 1.54) is 0 Å². The largest absolute Gasteiger partial charge is 0.493 e. The fraction of sp³-hybridized carbons (Fsp3) is 0.500. The van der Waals surface area contributed by atoms with Crippen LogP contribution in [0, 0.1) is 0 Å². The van der Waals surface area contributed by atoms with Crippen LogP contribution >= 0.6 is 0 Å². The summed E-state index contributed by atoms with van der Waals surface area (Å²) in [6.45, 7) is 2.31. The van der Waals surface area contributed by atoms with Crippen LogP contribution in [0.2, 0.25) is 0 Å². The van der Waals surface area contributed by atoms with Crippen molar-refractivity contribution in [3.05, 3.63) is 24.3 Å². The van der Waals surface area contributed by atoms with Crippen LogP contribution < -0.4 is 15.8 Å². The van der Waals surface area contributed by atoms with Crippen molar-refractivity contribution >= 4 is 11.6 Å². The number of benzene rings is 1. The summed E-state index contributed by atoms with van der Waals surface area (Å²) in [7, 11) is 3.66. The number of nitrogens with one attached hydrogen (secondary N) is 1. The minimum atomic E-state index is 0.0721. The van der Waals surface area contributed by atoms with Gasteiger partial charge in [0.1, 0.15) is 5.75 Å². The molecule has 0 bridgehead atoms. The molecule has 19 heavy (non-hydrogen) atoms. The van der Waals surface area contributed by atoms with Gasteiger partial charge in [0.05, 0.1) is 6.61 Å². The lowest BCUT2D eigenvalue weighted by molar-refractivity contribution is -0.120. The molecule has 1 aromatic carbocycles. The van der Waals surface area contributed by atoms with Gasteiger partial charge in [-0.1, -0.05) is 6.07 Å². The molecule has 0 atom stereocenters. The van der Waals surface area contributed by atoms with Gasteiger partial charge in [0.15, 0.2) is 0 Å². The summed E-state index contributed by atoms with van der Waals surface area (Å²) in [4.78, 5) is 13.2. The van der Waals surface area contributed by atoms with E-state index in [4.69, 9.17) is 10.5 Å². The first-order chi connectivity index (χ1) is 9.11. The Morgan fingerprint density at radius 2 is 2.21 bits per heavy atom. The minimum absolute atomic E-state index is 0.0721. The third kappa shape index (κ3) is 6.67. The maximum Gasteiger partial charge on any atom is 0.221 e. The Morgan fingerprint density at radius 3 is 2.89 bits per heavy atom. The van der Waals surface area contributed by atoms with Gasteiger partial charge in [-0.25, -0.2) is 0 Å². The predicted molar refractivity (Wildman–Crippen MR) is 77.1 cm³/mol. The number of ether oxygens (including phenoxy) is 1. The van der Waals surface area contributed by atoms with Gasteiger partial charge >= 0.3 is 0 Å². The Bertz CT molecular complexity index is 396. The lowest BCUT2D eigenvalue weighted by Crippen LogP contribution is -2.27. The number of nitrogens with two attached hydrogens (primary N) is 1. The van der Waals surface area contributed by atoms with E-state index in [2.05, 4.69) is 10.2 Å². The van der Waals surface area contributed by atoms with Crippen molar-refractivity contribution < 1.29 is 9.53 Å². The Hall–Kier alpha value is -1.75. The highest BCUT2D eigenvalue weighted by molar-refractivity contribution is 5.75. The first-order valence-corrected chi connectivity index (χ1v) is 6.49. The molecule has 0 aliphatic heterocycles.